The van der Waals surface area contributed by atoms with E-state index >= 15 is 0 Å². The van der Waals surface area contributed by atoms with E-state index < -0.39 is 12.1 Å². The molecule has 176 valence electrons. The van der Waals surface area contributed by atoms with Gasteiger partial charge < -0.3 is 20.5 Å². The third-order valence-electron chi connectivity index (χ3n) is 6.57. The summed E-state index contributed by atoms with van der Waals surface area (Å²) < 4.78 is 5.67. The predicted molar refractivity (Wildman–Crippen MR) is 127 cm³/mol. The van der Waals surface area contributed by atoms with Crippen LogP contribution in [0.2, 0.25) is 0 Å². The van der Waals surface area contributed by atoms with Crippen molar-refractivity contribution in [3.63, 3.8) is 0 Å². The number of carboxylic acid groups (broad SMARTS) is 1. The number of alkyl carbamates (subject to hydrolysis) is 1. The first-order valence-electron chi connectivity index (χ1n) is 11.6. The molecule has 2 aromatic carbocycles. The lowest BCUT2D eigenvalue weighted by atomic mass is 9.82. The Kier molecular flexibility index (Phi) is 7.48. The normalized spacial score (nSPS) is 18.6. The van der Waals surface area contributed by atoms with Crippen molar-refractivity contribution in [3.05, 3.63) is 59.7 Å². The van der Waals surface area contributed by atoms with E-state index in [-0.39, 0.29) is 43.4 Å². The zero-order valence-electron chi connectivity index (χ0n) is 18.9. The lowest BCUT2D eigenvalue weighted by Crippen LogP contribution is -2.44. The molecule has 1 saturated carbocycles. The number of ether oxygens (including phenoxy) is 1. The van der Waals surface area contributed by atoms with Gasteiger partial charge in [-0.05, 0) is 41.0 Å². The Morgan fingerprint density at radius 3 is 2.29 bits per heavy atom. The third-order valence-corrected chi connectivity index (χ3v) is 6.57. The zero-order valence-corrected chi connectivity index (χ0v) is 18.9. The molecule has 2 aliphatic rings. The van der Waals surface area contributed by atoms with E-state index in [4.69, 9.17) is 9.84 Å². The van der Waals surface area contributed by atoms with Crippen LogP contribution in [0.25, 0.3) is 11.1 Å². The Labute approximate surface area is 198 Å². The fourth-order valence-electron chi connectivity index (χ4n) is 5.01. The average molecular weight is 461 g/mol. The zero-order chi connectivity index (χ0) is 23.9. The van der Waals surface area contributed by atoms with Gasteiger partial charge in [-0.3, -0.25) is 4.79 Å². The van der Waals surface area contributed by atoms with Crippen LogP contribution in [0.4, 0.5) is 4.79 Å². The Balaban J connectivity index is 1.32. The minimum atomic E-state index is -1.23. The number of carboxylic acids is 1. The molecule has 34 heavy (non-hydrogen) atoms. The third kappa shape index (κ3) is 5.57. The van der Waals surface area contributed by atoms with Gasteiger partial charge in [0.1, 0.15) is 6.61 Å². The standard InChI is InChI=1S/C27H28N2O5/c30-25(28-15-7-14-26(31)32)16-18-8-1-6-13-24(18)29-27(33)34-17-23-21-11-4-2-9-19(21)20-10-3-5-12-22(20)23/h2-5,9-12,18,23-24H,1,6,8,13,15-17H2,(H,28,30)(H,29,33)(H,31,32)/t18-,24-/m0/s1. The maximum atomic E-state index is 12.7. The van der Waals surface area contributed by atoms with Crippen molar-refractivity contribution in [2.75, 3.05) is 13.2 Å². The van der Waals surface area contributed by atoms with Crippen LogP contribution >= 0.6 is 0 Å². The first kappa shape index (κ1) is 23.4. The summed E-state index contributed by atoms with van der Waals surface area (Å²) in [5, 5.41) is 14.1. The van der Waals surface area contributed by atoms with Crippen molar-refractivity contribution < 1.29 is 24.2 Å². The van der Waals surface area contributed by atoms with Gasteiger partial charge in [0.15, 0.2) is 0 Å². The van der Waals surface area contributed by atoms with Gasteiger partial charge in [-0.15, -0.1) is 0 Å². The van der Waals surface area contributed by atoms with Crippen LogP contribution in [0.5, 0.6) is 0 Å². The number of hydrogen-bond donors (Lipinski definition) is 3. The van der Waals surface area contributed by atoms with Gasteiger partial charge in [0, 0.05) is 24.3 Å². The molecule has 3 N–H and O–H groups in total. The number of nitrogens with one attached hydrogen (secondary N) is 2. The minimum absolute atomic E-state index is 0.00154. The molecule has 0 heterocycles. The van der Waals surface area contributed by atoms with Crippen molar-refractivity contribution in [2.24, 2.45) is 5.92 Å². The van der Waals surface area contributed by atoms with Crippen LogP contribution in [-0.4, -0.2) is 42.3 Å². The average Bonchev–Trinajstić information content (AvgIpc) is 3.15. The van der Waals surface area contributed by atoms with Gasteiger partial charge in [-0.25, -0.2) is 9.59 Å². The second kappa shape index (κ2) is 10.9. The summed E-state index contributed by atoms with van der Waals surface area (Å²) in [4.78, 5) is 35.4. The smallest absolute Gasteiger partial charge is 0.407 e. The first-order valence-corrected chi connectivity index (χ1v) is 11.6. The molecule has 2 atom stereocenters. The molecule has 0 bridgehead atoms. The maximum Gasteiger partial charge on any atom is 0.407 e. The number of benzene rings is 2. The van der Waals surface area contributed by atoms with Crippen molar-refractivity contribution in [1.29, 1.82) is 0 Å². The van der Waals surface area contributed by atoms with E-state index in [0.717, 1.165) is 36.8 Å². The number of hydrogen-bond acceptors (Lipinski definition) is 4. The molecule has 0 aromatic heterocycles. The van der Waals surface area contributed by atoms with Crippen LogP contribution < -0.4 is 10.6 Å². The number of amides is 2. The molecule has 0 saturated heterocycles. The lowest BCUT2D eigenvalue weighted by Gasteiger charge is -2.31. The van der Waals surface area contributed by atoms with Gasteiger partial charge in [0.05, 0.1) is 6.54 Å². The number of carbonyl (C=O) groups is 3. The first-order chi connectivity index (χ1) is 16.5. The van der Waals surface area contributed by atoms with Crippen molar-refractivity contribution >= 4 is 18.0 Å². The predicted octanol–water partition coefficient (Wildman–Crippen LogP) is 3.68. The molecule has 0 aliphatic heterocycles. The Bertz CT molecular complexity index is 1090. The molecule has 2 aliphatic carbocycles. The van der Waals surface area contributed by atoms with E-state index in [1.165, 1.54) is 11.1 Å². The van der Waals surface area contributed by atoms with Crippen LogP contribution in [0.3, 0.4) is 0 Å². The summed E-state index contributed by atoms with van der Waals surface area (Å²) in [6, 6.07) is 16.3. The summed E-state index contributed by atoms with van der Waals surface area (Å²) in [7, 11) is 0. The van der Waals surface area contributed by atoms with E-state index in [1.54, 1.807) is 0 Å². The summed E-state index contributed by atoms with van der Waals surface area (Å²) in [5.74, 6) is 2.92. The Hall–Kier alpha value is -3.79. The van der Waals surface area contributed by atoms with Crippen molar-refractivity contribution in [3.8, 4) is 23.0 Å². The molecular formula is C27H28N2O5. The van der Waals surface area contributed by atoms with E-state index in [0.29, 0.717) is 0 Å². The van der Waals surface area contributed by atoms with Gasteiger partial charge in [-0.2, -0.15) is 0 Å². The summed E-state index contributed by atoms with van der Waals surface area (Å²) in [6.07, 6.45) is 3.40. The number of aliphatic carboxylic acids is 1. The van der Waals surface area contributed by atoms with Gasteiger partial charge >= 0.3 is 12.1 Å². The highest BCUT2D eigenvalue weighted by molar-refractivity contribution is 5.86. The molecule has 2 aromatic rings. The molecule has 0 spiro atoms. The summed E-state index contributed by atoms with van der Waals surface area (Å²) in [5.41, 5.74) is 4.68. The quantitative estimate of drug-likeness (QED) is 0.571. The SMILES string of the molecule is O=C(O)C#CCNC(=O)C[C@@H]1CCCC[C@@H]1NC(=O)OCC1c2ccccc2-c2ccccc21. The van der Waals surface area contributed by atoms with Gasteiger partial charge in [-0.1, -0.05) is 67.3 Å². The van der Waals surface area contributed by atoms with E-state index in [2.05, 4.69) is 40.8 Å². The monoisotopic (exact) mass is 460 g/mol. The van der Waals surface area contributed by atoms with Gasteiger partial charge in [0.25, 0.3) is 0 Å². The number of rotatable bonds is 6. The fraction of sp³-hybridized carbons (Fsp3) is 0.370. The van der Waals surface area contributed by atoms with E-state index in [1.807, 2.05) is 30.2 Å². The largest absolute Gasteiger partial charge is 0.472 e. The Morgan fingerprint density at radius 1 is 0.971 bits per heavy atom. The van der Waals surface area contributed by atoms with Crippen LogP contribution in [0, 0.1) is 17.8 Å². The second-order valence-electron chi connectivity index (χ2n) is 8.71. The van der Waals surface area contributed by atoms with Crippen molar-refractivity contribution in [2.45, 2.75) is 44.1 Å². The van der Waals surface area contributed by atoms with Crippen LogP contribution in [0.15, 0.2) is 48.5 Å². The number of fused-ring (bicyclic) bond motifs is 3. The van der Waals surface area contributed by atoms with Gasteiger partial charge in [0.2, 0.25) is 5.91 Å². The molecule has 7 heteroatoms. The van der Waals surface area contributed by atoms with Crippen LogP contribution in [-0.2, 0) is 14.3 Å². The lowest BCUT2D eigenvalue weighted by molar-refractivity contribution is -0.130. The Morgan fingerprint density at radius 2 is 1.62 bits per heavy atom. The van der Waals surface area contributed by atoms with E-state index in [9.17, 15) is 14.4 Å². The molecule has 7 nitrogen and oxygen atoms in total. The maximum absolute atomic E-state index is 12.7. The highest BCUT2D eigenvalue weighted by Crippen LogP contribution is 2.44. The molecule has 0 unspecified atom stereocenters. The summed E-state index contributed by atoms with van der Waals surface area (Å²) in [6.45, 7) is 0.238. The molecule has 1 fully saturated rings. The highest BCUT2D eigenvalue weighted by atomic mass is 16.5. The number of carbonyl (C=O) groups excluding carboxylic acids is 2. The topological polar surface area (TPSA) is 105 Å². The molecule has 2 amide bonds. The van der Waals surface area contributed by atoms with Crippen LogP contribution in [0.1, 0.15) is 49.1 Å². The molecule has 4 rings (SSSR count). The minimum Gasteiger partial charge on any atom is -0.472 e. The molecular weight excluding hydrogens is 432 g/mol. The van der Waals surface area contributed by atoms with Crippen molar-refractivity contribution in [1.82, 2.24) is 10.6 Å². The summed E-state index contributed by atoms with van der Waals surface area (Å²) >= 11 is 0. The fourth-order valence-corrected chi connectivity index (χ4v) is 5.01. The highest BCUT2D eigenvalue weighted by Gasteiger charge is 2.31. The molecule has 0 radical (unpaired) electrons. The second-order valence-corrected chi connectivity index (χ2v) is 8.71.